The molecule has 1 unspecified atom stereocenters. The first-order valence-corrected chi connectivity index (χ1v) is 11.1. The molecular formula is C25H19N3O5S. The Morgan fingerprint density at radius 3 is 2.53 bits per heavy atom. The minimum Gasteiger partial charge on any atom is -0.507 e. The second-order valence-corrected chi connectivity index (χ2v) is 8.50. The van der Waals surface area contributed by atoms with Crippen LogP contribution in [0.25, 0.3) is 16.0 Å². The Kier molecular flexibility index (Phi) is 5.46. The van der Waals surface area contributed by atoms with Crippen molar-refractivity contribution in [3.8, 4) is 11.5 Å². The molecular weight excluding hydrogens is 454 g/mol. The fourth-order valence-electron chi connectivity index (χ4n) is 3.99. The number of carbonyl (C=O) groups excluding carboxylic acids is 2. The van der Waals surface area contributed by atoms with Crippen LogP contribution in [0.2, 0.25) is 0 Å². The van der Waals surface area contributed by atoms with Crippen molar-refractivity contribution in [1.82, 2.24) is 9.97 Å². The molecule has 0 spiro atoms. The van der Waals surface area contributed by atoms with Crippen LogP contribution in [-0.2, 0) is 9.59 Å². The van der Waals surface area contributed by atoms with Gasteiger partial charge in [-0.15, -0.1) is 0 Å². The van der Waals surface area contributed by atoms with Crippen molar-refractivity contribution in [3.05, 3.63) is 83.7 Å². The van der Waals surface area contributed by atoms with Gasteiger partial charge in [0.05, 0.1) is 36.1 Å². The van der Waals surface area contributed by atoms with Gasteiger partial charge in [0.1, 0.15) is 5.76 Å². The van der Waals surface area contributed by atoms with Crippen LogP contribution in [0, 0.1) is 0 Å². The highest BCUT2D eigenvalue weighted by molar-refractivity contribution is 7.22. The summed E-state index contributed by atoms with van der Waals surface area (Å²) in [5.41, 5.74) is 1.55. The van der Waals surface area contributed by atoms with Crippen molar-refractivity contribution in [2.24, 2.45) is 0 Å². The van der Waals surface area contributed by atoms with Crippen molar-refractivity contribution in [2.45, 2.75) is 6.04 Å². The molecule has 4 aromatic rings. The number of thiazole rings is 1. The predicted octanol–water partition coefficient (Wildman–Crippen LogP) is 4.33. The molecule has 0 saturated carbocycles. The molecule has 5 rings (SSSR count). The molecule has 1 atom stereocenters. The highest BCUT2D eigenvalue weighted by Gasteiger charge is 2.48. The first-order chi connectivity index (χ1) is 16.5. The standard InChI is InChI=1S/C25H19N3O5S/c1-32-17-10-9-14(12-18(17)33-2)22(29)20-21(15-6-5-11-26-13-15)28(24(31)23(20)30)25-27-16-7-3-4-8-19(16)34-25/h3-13,21,29H,1-2H3/b22-20+. The smallest absolute Gasteiger partial charge is 0.301 e. The predicted molar refractivity (Wildman–Crippen MR) is 128 cm³/mol. The van der Waals surface area contributed by atoms with Gasteiger partial charge in [-0.25, -0.2) is 4.98 Å². The summed E-state index contributed by atoms with van der Waals surface area (Å²) in [6.45, 7) is 0. The van der Waals surface area contributed by atoms with Gasteiger partial charge in [-0.3, -0.25) is 19.5 Å². The molecule has 1 amide bonds. The summed E-state index contributed by atoms with van der Waals surface area (Å²) in [4.78, 5) is 36.6. The maximum Gasteiger partial charge on any atom is 0.301 e. The van der Waals surface area contributed by atoms with E-state index in [0.29, 0.717) is 33.3 Å². The number of para-hydroxylation sites is 1. The first-order valence-electron chi connectivity index (χ1n) is 10.3. The van der Waals surface area contributed by atoms with Gasteiger partial charge in [0, 0.05) is 18.0 Å². The number of Topliss-reactive ketones (excluding diaryl/α,β-unsaturated/α-hetero) is 1. The molecule has 170 valence electrons. The van der Waals surface area contributed by atoms with E-state index in [0.717, 1.165) is 4.70 Å². The highest BCUT2D eigenvalue weighted by Crippen LogP contribution is 2.44. The van der Waals surface area contributed by atoms with E-state index in [-0.39, 0.29) is 11.3 Å². The fraction of sp³-hybridized carbons (Fsp3) is 0.120. The van der Waals surface area contributed by atoms with E-state index < -0.39 is 17.7 Å². The van der Waals surface area contributed by atoms with Crippen molar-refractivity contribution < 1.29 is 24.2 Å². The number of nitrogens with zero attached hydrogens (tertiary/aromatic N) is 3. The average Bonchev–Trinajstić information content (AvgIpc) is 3.42. The lowest BCUT2D eigenvalue weighted by atomic mass is 9.96. The van der Waals surface area contributed by atoms with Crippen LogP contribution in [0.5, 0.6) is 11.5 Å². The number of pyridine rings is 1. The molecule has 1 aliphatic heterocycles. The summed E-state index contributed by atoms with van der Waals surface area (Å²) in [7, 11) is 2.98. The molecule has 34 heavy (non-hydrogen) atoms. The summed E-state index contributed by atoms with van der Waals surface area (Å²) < 4.78 is 11.5. The largest absolute Gasteiger partial charge is 0.507 e. The number of ether oxygens (including phenoxy) is 2. The van der Waals surface area contributed by atoms with Gasteiger partial charge in [-0.1, -0.05) is 29.5 Å². The number of aromatic nitrogens is 2. The zero-order chi connectivity index (χ0) is 23.8. The summed E-state index contributed by atoms with van der Waals surface area (Å²) in [6, 6.07) is 14.8. The van der Waals surface area contributed by atoms with E-state index in [4.69, 9.17) is 9.47 Å². The number of carbonyl (C=O) groups is 2. The third-order valence-corrected chi connectivity index (χ3v) is 6.63. The third-order valence-electron chi connectivity index (χ3n) is 5.59. The molecule has 2 aromatic heterocycles. The van der Waals surface area contributed by atoms with E-state index in [1.54, 1.807) is 42.7 Å². The van der Waals surface area contributed by atoms with Crippen LogP contribution in [-0.4, -0.2) is 41.0 Å². The fourth-order valence-corrected chi connectivity index (χ4v) is 4.98. The molecule has 3 heterocycles. The van der Waals surface area contributed by atoms with Crippen LogP contribution < -0.4 is 14.4 Å². The normalized spacial score (nSPS) is 17.4. The van der Waals surface area contributed by atoms with Crippen molar-refractivity contribution in [3.63, 3.8) is 0 Å². The molecule has 8 nitrogen and oxygen atoms in total. The summed E-state index contributed by atoms with van der Waals surface area (Å²) in [5.74, 6) is -1.05. The van der Waals surface area contributed by atoms with Gasteiger partial charge >= 0.3 is 5.91 Å². The Morgan fingerprint density at radius 1 is 1.03 bits per heavy atom. The van der Waals surface area contributed by atoms with E-state index >= 15 is 0 Å². The number of hydrogen-bond acceptors (Lipinski definition) is 8. The van der Waals surface area contributed by atoms with E-state index in [9.17, 15) is 14.7 Å². The summed E-state index contributed by atoms with van der Waals surface area (Å²) in [6.07, 6.45) is 3.17. The third kappa shape index (κ3) is 3.46. The molecule has 1 fully saturated rings. The van der Waals surface area contributed by atoms with E-state index in [1.165, 1.54) is 30.5 Å². The number of methoxy groups -OCH3 is 2. The van der Waals surface area contributed by atoms with Gasteiger partial charge in [0.2, 0.25) is 0 Å². The number of fused-ring (bicyclic) bond motifs is 1. The minimum absolute atomic E-state index is 0.0514. The number of amides is 1. The molecule has 1 saturated heterocycles. The van der Waals surface area contributed by atoms with Crippen molar-refractivity contribution in [1.29, 1.82) is 0 Å². The van der Waals surface area contributed by atoms with Crippen LogP contribution in [0.15, 0.2) is 72.6 Å². The minimum atomic E-state index is -0.901. The monoisotopic (exact) mass is 473 g/mol. The van der Waals surface area contributed by atoms with Crippen molar-refractivity contribution >= 4 is 44.1 Å². The highest BCUT2D eigenvalue weighted by atomic mass is 32.1. The Morgan fingerprint density at radius 2 is 1.82 bits per heavy atom. The Balaban J connectivity index is 1.71. The van der Waals surface area contributed by atoms with Gasteiger partial charge in [0.15, 0.2) is 16.6 Å². The summed E-state index contributed by atoms with van der Waals surface area (Å²) >= 11 is 1.30. The van der Waals surface area contributed by atoms with E-state index in [2.05, 4.69) is 9.97 Å². The molecule has 2 aromatic carbocycles. The topological polar surface area (TPSA) is 102 Å². The molecule has 1 aliphatic rings. The molecule has 0 aliphatic carbocycles. The van der Waals surface area contributed by atoms with Crippen LogP contribution in [0.1, 0.15) is 17.2 Å². The Hall–Kier alpha value is -4.24. The van der Waals surface area contributed by atoms with Crippen LogP contribution >= 0.6 is 11.3 Å². The molecule has 0 radical (unpaired) electrons. The lowest BCUT2D eigenvalue weighted by Gasteiger charge is -2.22. The maximum atomic E-state index is 13.3. The second-order valence-electron chi connectivity index (χ2n) is 7.49. The van der Waals surface area contributed by atoms with Crippen LogP contribution in [0.3, 0.4) is 0 Å². The maximum absolute atomic E-state index is 13.3. The first kappa shape index (κ1) is 21.6. The molecule has 0 bridgehead atoms. The number of anilines is 1. The number of hydrogen-bond donors (Lipinski definition) is 1. The zero-order valence-corrected chi connectivity index (χ0v) is 19.1. The zero-order valence-electron chi connectivity index (χ0n) is 18.3. The number of benzene rings is 2. The number of aliphatic hydroxyl groups excluding tert-OH is 1. The molecule has 9 heteroatoms. The van der Waals surface area contributed by atoms with Gasteiger partial charge in [-0.2, -0.15) is 0 Å². The van der Waals surface area contributed by atoms with Gasteiger partial charge < -0.3 is 14.6 Å². The average molecular weight is 474 g/mol. The lowest BCUT2D eigenvalue weighted by molar-refractivity contribution is -0.132. The SMILES string of the molecule is COc1ccc(/C(O)=C2\C(=O)C(=O)N(c3nc4ccccc4s3)C2c2cccnc2)cc1OC. The van der Waals surface area contributed by atoms with Gasteiger partial charge in [-0.05, 0) is 42.0 Å². The second kappa shape index (κ2) is 8.60. The lowest BCUT2D eigenvalue weighted by Crippen LogP contribution is -2.29. The van der Waals surface area contributed by atoms with Crippen LogP contribution in [0.4, 0.5) is 5.13 Å². The van der Waals surface area contributed by atoms with Gasteiger partial charge in [0.25, 0.3) is 5.78 Å². The quantitative estimate of drug-likeness (QED) is 0.261. The molecule has 1 N–H and O–H groups in total. The summed E-state index contributed by atoms with van der Waals surface area (Å²) in [5, 5.41) is 11.6. The number of aliphatic hydroxyl groups is 1. The Bertz CT molecular complexity index is 1410. The number of ketones is 1. The van der Waals surface area contributed by atoms with Crippen molar-refractivity contribution in [2.75, 3.05) is 19.1 Å². The van der Waals surface area contributed by atoms with E-state index in [1.807, 2.05) is 24.3 Å². The number of rotatable bonds is 5. The Labute approximate surface area is 198 Å².